The molecule has 22 heavy (non-hydrogen) atoms. The Hall–Kier alpha value is -1.99. The highest BCUT2D eigenvalue weighted by molar-refractivity contribution is 7.17. The number of ether oxygens (including phenoxy) is 1. The van der Waals surface area contributed by atoms with Crippen molar-refractivity contribution < 1.29 is 4.74 Å². The van der Waals surface area contributed by atoms with Crippen molar-refractivity contribution in [1.29, 1.82) is 0 Å². The maximum atomic E-state index is 5.31. The van der Waals surface area contributed by atoms with Crippen LogP contribution in [0.3, 0.4) is 0 Å². The number of aromatic nitrogens is 3. The minimum absolute atomic E-state index is 0.767. The highest BCUT2D eigenvalue weighted by Crippen LogP contribution is 2.34. The van der Waals surface area contributed by atoms with Gasteiger partial charge in [-0.3, -0.25) is 0 Å². The van der Waals surface area contributed by atoms with Crippen LogP contribution in [0.15, 0.2) is 18.2 Å². The van der Waals surface area contributed by atoms with Crippen molar-refractivity contribution in [2.24, 2.45) is 0 Å². The number of aryl methyl sites for hydroxylation is 3. The zero-order valence-corrected chi connectivity index (χ0v) is 14.4. The van der Waals surface area contributed by atoms with Gasteiger partial charge < -0.3 is 10.1 Å². The molecule has 7 heteroatoms. The second-order valence-corrected chi connectivity index (χ2v) is 7.24. The smallest absolute Gasteiger partial charge is 0.211 e. The summed E-state index contributed by atoms with van der Waals surface area (Å²) in [5, 5.41) is 13.8. The van der Waals surface area contributed by atoms with Crippen molar-refractivity contribution in [3.63, 3.8) is 0 Å². The van der Waals surface area contributed by atoms with Crippen LogP contribution >= 0.6 is 22.7 Å². The third-order valence-corrected chi connectivity index (χ3v) is 4.85. The fourth-order valence-corrected chi connectivity index (χ4v) is 3.67. The van der Waals surface area contributed by atoms with Gasteiger partial charge in [-0.2, -0.15) is 0 Å². The third-order valence-electron chi connectivity index (χ3n) is 3.20. The molecule has 3 aromatic rings. The average molecular weight is 332 g/mol. The molecule has 0 bridgehead atoms. The van der Waals surface area contributed by atoms with Crippen LogP contribution in [0, 0.1) is 20.8 Å². The Morgan fingerprint density at radius 3 is 2.50 bits per heavy atom. The van der Waals surface area contributed by atoms with Crippen LogP contribution in [0.2, 0.25) is 0 Å². The molecule has 0 unspecified atom stereocenters. The number of thiazole rings is 1. The minimum atomic E-state index is 0.767. The van der Waals surface area contributed by atoms with Crippen molar-refractivity contribution in [2.75, 3.05) is 12.4 Å². The highest BCUT2D eigenvalue weighted by Gasteiger charge is 2.12. The molecular formula is C15H16N4OS2. The second-order valence-electron chi connectivity index (χ2n) is 4.86. The highest BCUT2D eigenvalue weighted by atomic mass is 32.1. The van der Waals surface area contributed by atoms with Crippen LogP contribution in [-0.2, 0) is 0 Å². The van der Waals surface area contributed by atoms with Gasteiger partial charge in [0.15, 0.2) is 5.13 Å². The van der Waals surface area contributed by atoms with Crippen LogP contribution in [0.1, 0.15) is 15.4 Å². The second kappa shape index (κ2) is 6.02. The zero-order valence-electron chi connectivity index (χ0n) is 12.8. The zero-order chi connectivity index (χ0) is 15.7. The number of anilines is 2. The van der Waals surface area contributed by atoms with Crippen LogP contribution in [0.5, 0.6) is 5.75 Å². The Bertz CT molecular complexity index is 810. The van der Waals surface area contributed by atoms with E-state index in [2.05, 4.69) is 33.5 Å². The van der Waals surface area contributed by atoms with Crippen molar-refractivity contribution in [1.82, 2.24) is 15.2 Å². The van der Waals surface area contributed by atoms with E-state index in [4.69, 9.17) is 4.74 Å². The lowest BCUT2D eigenvalue weighted by Crippen LogP contribution is -1.90. The summed E-state index contributed by atoms with van der Waals surface area (Å²) in [6, 6.07) is 6.11. The van der Waals surface area contributed by atoms with Crippen molar-refractivity contribution in [3.05, 3.63) is 33.6 Å². The first-order chi connectivity index (χ1) is 10.6. The number of hydrogen-bond donors (Lipinski definition) is 1. The molecule has 0 aliphatic heterocycles. The molecule has 1 N–H and O–H groups in total. The van der Waals surface area contributed by atoms with Crippen LogP contribution in [-0.4, -0.2) is 22.3 Å². The molecule has 0 amide bonds. The van der Waals surface area contributed by atoms with E-state index in [0.29, 0.717) is 0 Å². The number of nitrogens with zero attached hydrogens (tertiary/aromatic N) is 3. The summed E-state index contributed by atoms with van der Waals surface area (Å²) in [6.45, 7) is 6.04. The van der Waals surface area contributed by atoms with E-state index < -0.39 is 0 Å². The summed E-state index contributed by atoms with van der Waals surface area (Å²) < 4.78 is 5.31. The average Bonchev–Trinajstić information content (AvgIpc) is 3.05. The fourth-order valence-electron chi connectivity index (χ4n) is 2.18. The van der Waals surface area contributed by atoms with Crippen molar-refractivity contribution in [3.8, 4) is 17.0 Å². The fraction of sp³-hybridized carbons (Fsp3) is 0.267. The van der Waals surface area contributed by atoms with Crippen molar-refractivity contribution >= 4 is 32.9 Å². The molecule has 0 atom stereocenters. The Morgan fingerprint density at radius 2 is 1.86 bits per heavy atom. The molecule has 0 aliphatic rings. The lowest BCUT2D eigenvalue weighted by Gasteiger charge is -2.06. The molecule has 2 aromatic heterocycles. The SMILES string of the molecule is COc1ccc(-c2nc(Nc3nnc(C)s3)sc2C)cc1C. The molecule has 2 heterocycles. The van der Waals surface area contributed by atoms with Crippen LogP contribution in [0.4, 0.5) is 10.3 Å². The standard InChI is InChI=1S/C15H16N4OS2/c1-8-7-11(5-6-12(8)20-4)13-9(2)21-14(16-13)17-15-19-18-10(3)22-15/h5-7H,1-4H3,(H,16,17,19). The summed E-state index contributed by atoms with van der Waals surface area (Å²) in [5.74, 6) is 0.888. The van der Waals surface area contributed by atoms with Gasteiger partial charge in [0.25, 0.3) is 0 Å². The van der Waals surface area contributed by atoms with E-state index in [1.807, 2.05) is 26.0 Å². The normalized spacial score (nSPS) is 10.7. The molecule has 0 radical (unpaired) electrons. The van der Waals surface area contributed by atoms with E-state index in [0.717, 1.165) is 42.7 Å². The lowest BCUT2D eigenvalue weighted by molar-refractivity contribution is 0.412. The Kier molecular flexibility index (Phi) is 4.08. The summed E-state index contributed by atoms with van der Waals surface area (Å²) in [5.41, 5.74) is 3.18. The van der Waals surface area contributed by atoms with Gasteiger partial charge in [0.1, 0.15) is 10.8 Å². The van der Waals surface area contributed by atoms with E-state index in [-0.39, 0.29) is 0 Å². The van der Waals surface area contributed by atoms with Gasteiger partial charge in [-0.25, -0.2) is 4.98 Å². The topological polar surface area (TPSA) is 59.9 Å². The Labute approximate surface area is 137 Å². The summed E-state index contributed by atoms with van der Waals surface area (Å²) >= 11 is 3.13. The monoisotopic (exact) mass is 332 g/mol. The van der Waals surface area contributed by atoms with Crippen LogP contribution in [0.25, 0.3) is 11.3 Å². The van der Waals surface area contributed by atoms with Gasteiger partial charge in [0.2, 0.25) is 5.13 Å². The van der Waals surface area contributed by atoms with Gasteiger partial charge in [-0.15, -0.1) is 21.5 Å². The first kappa shape index (κ1) is 14.9. The molecule has 1 aromatic carbocycles. The first-order valence-electron chi connectivity index (χ1n) is 6.76. The molecular weight excluding hydrogens is 316 g/mol. The predicted octanol–water partition coefficient (Wildman–Crippen LogP) is 4.34. The largest absolute Gasteiger partial charge is 0.496 e. The van der Waals surface area contributed by atoms with Gasteiger partial charge in [-0.1, -0.05) is 11.3 Å². The number of nitrogens with one attached hydrogen (secondary N) is 1. The molecule has 0 saturated heterocycles. The molecule has 0 fully saturated rings. The van der Waals surface area contributed by atoms with Crippen molar-refractivity contribution in [2.45, 2.75) is 20.8 Å². The van der Waals surface area contributed by atoms with E-state index in [9.17, 15) is 0 Å². The minimum Gasteiger partial charge on any atom is -0.496 e. The van der Waals surface area contributed by atoms with Gasteiger partial charge >= 0.3 is 0 Å². The van der Waals surface area contributed by atoms with Crippen LogP contribution < -0.4 is 10.1 Å². The maximum Gasteiger partial charge on any atom is 0.211 e. The quantitative estimate of drug-likeness (QED) is 0.770. The first-order valence-corrected chi connectivity index (χ1v) is 8.39. The number of benzene rings is 1. The van der Waals surface area contributed by atoms with E-state index >= 15 is 0 Å². The number of rotatable bonds is 4. The molecule has 0 aliphatic carbocycles. The summed E-state index contributed by atoms with van der Waals surface area (Å²) in [6.07, 6.45) is 0. The van der Waals surface area contributed by atoms with Gasteiger partial charge in [0, 0.05) is 10.4 Å². The molecule has 114 valence electrons. The lowest BCUT2D eigenvalue weighted by atomic mass is 10.1. The molecule has 0 saturated carbocycles. The molecule has 0 spiro atoms. The molecule has 5 nitrogen and oxygen atoms in total. The third kappa shape index (κ3) is 2.95. The number of methoxy groups -OCH3 is 1. The van der Waals surface area contributed by atoms with E-state index in [1.165, 1.54) is 11.3 Å². The molecule has 3 rings (SSSR count). The predicted molar refractivity (Wildman–Crippen MR) is 91.5 cm³/mol. The van der Waals surface area contributed by atoms with E-state index in [1.54, 1.807) is 18.4 Å². The number of hydrogen-bond acceptors (Lipinski definition) is 7. The van der Waals surface area contributed by atoms with Gasteiger partial charge in [0.05, 0.1) is 12.8 Å². The maximum absolute atomic E-state index is 5.31. The summed E-state index contributed by atoms with van der Waals surface area (Å²) in [7, 11) is 1.68. The van der Waals surface area contributed by atoms with Gasteiger partial charge in [-0.05, 0) is 44.5 Å². The Balaban J connectivity index is 1.90. The summed E-state index contributed by atoms with van der Waals surface area (Å²) in [4.78, 5) is 5.85. The Morgan fingerprint density at radius 1 is 1.05 bits per heavy atom.